The topological polar surface area (TPSA) is 61.1 Å². The molecule has 0 aliphatic heterocycles. The van der Waals surface area contributed by atoms with Crippen molar-refractivity contribution in [1.29, 1.82) is 5.26 Å². The van der Waals surface area contributed by atoms with Gasteiger partial charge in [-0.1, -0.05) is 33.8 Å². The second-order valence-electron chi connectivity index (χ2n) is 3.69. The highest BCUT2D eigenvalue weighted by Gasteiger charge is 2.07. The summed E-state index contributed by atoms with van der Waals surface area (Å²) >= 11 is 4.69. The van der Waals surface area contributed by atoms with E-state index in [9.17, 15) is 4.79 Å². The van der Waals surface area contributed by atoms with Gasteiger partial charge < -0.3 is 5.11 Å². The van der Waals surface area contributed by atoms with Crippen LogP contribution in [0.1, 0.15) is 15.9 Å². The van der Waals surface area contributed by atoms with Crippen LogP contribution in [0, 0.1) is 11.3 Å². The average Bonchev–Trinajstić information content (AvgIpc) is 2.41. The van der Waals surface area contributed by atoms with Crippen LogP contribution in [0.2, 0.25) is 0 Å². The zero-order valence-electron chi connectivity index (χ0n) is 9.63. The van der Waals surface area contributed by atoms with E-state index < -0.39 is 5.97 Å². The number of carboxylic acids is 1. The molecule has 0 spiro atoms. The van der Waals surface area contributed by atoms with Gasteiger partial charge in [0.1, 0.15) is 6.07 Å². The molecule has 5 heteroatoms. The first kappa shape index (κ1) is 13.7. The highest BCUT2D eigenvalue weighted by molar-refractivity contribution is 9.10. The zero-order valence-corrected chi connectivity index (χ0v) is 12.0. The Morgan fingerprint density at radius 1 is 1.26 bits per heavy atom. The van der Waals surface area contributed by atoms with E-state index in [2.05, 4.69) is 22.0 Å². The molecule has 0 fully saturated rings. The molecule has 19 heavy (non-hydrogen) atoms. The third kappa shape index (κ3) is 3.37. The molecule has 2 rings (SSSR count). The largest absolute Gasteiger partial charge is 0.478 e. The molecule has 0 radical (unpaired) electrons. The third-order valence-electron chi connectivity index (χ3n) is 2.37. The minimum Gasteiger partial charge on any atom is -0.478 e. The van der Waals surface area contributed by atoms with E-state index in [0.717, 1.165) is 14.3 Å². The average molecular weight is 334 g/mol. The summed E-state index contributed by atoms with van der Waals surface area (Å²) in [5.74, 6) is -0.959. The van der Waals surface area contributed by atoms with Crippen molar-refractivity contribution in [3.63, 3.8) is 0 Å². The van der Waals surface area contributed by atoms with Crippen molar-refractivity contribution in [2.45, 2.75) is 9.79 Å². The van der Waals surface area contributed by atoms with Crippen molar-refractivity contribution in [1.82, 2.24) is 0 Å². The van der Waals surface area contributed by atoms with Crippen molar-refractivity contribution in [3.05, 3.63) is 58.1 Å². The summed E-state index contributed by atoms with van der Waals surface area (Å²) in [4.78, 5) is 12.5. The van der Waals surface area contributed by atoms with Gasteiger partial charge in [-0.2, -0.15) is 5.26 Å². The van der Waals surface area contributed by atoms with E-state index >= 15 is 0 Å². The lowest BCUT2D eigenvalue weighted by molar-refractivity contribution is 0.0696. The van der Waals surface area contributed by atoms with Crippen molar-refractivity contribution < 1.29 is 9.90 Å². The Morgan fingerprint density at radius 2 is 2.05 bits per heavy atom. The van der Waals surface area contributed by atoms with Crippen molar-refractivity contribution >= 4 is 33.7 Å². The van der Waals surface area contributed by atoms with Crippen LogP contribution in [0.25, 0.3) is 0 Å². The van der Waals surface area contributed by atoms with Gasteiger partial charge in [0, 0.05) is 14.3 Å². The third-order valence-corrected chi connectivity index (χ3v) is 3.93. The fourth-order valence-electron chi connectivity index (χ4n) is 1.50. The van der Waals surface area contributed by atoms with Crippen molar-refractivity contribution in [2.24, 2.45) is 0 Å². The lowest BCUT2D eigenvalue weighted by atomic mass is 10.2. The summed E-state index contributed by atoms with van der Waals surface area (Å²) in [6.07, 6.45) is 0. The summed E-state index contributed by atoms with van der Waals surface area (Å²) < 4.78 is 0.840. The predicted molar refractivity (Wildman–Crippen MR) is 76.4 cm³/mol. The predicted octanol–water partition coefficient (Wildman–Crippen LogP) is 4.17. The van der Waals surface area contributed by atoms with Crippen LogP contribution < -0.4 is 0 Å². The molecule has 0 atom stereocenters. The number of nitrogens with zero attached hydrogens (tertiary/aromatic N) is 1. The van der Waals surface area contributed by atoms with Gasteiger partial charge in [0.05, 0.1) is 11.1 Å². The van der Waals surface area contributed by atoms with Gasteiger partial charge in [0.2, 0.25) is 0 Å². The van der Waals surface area contributed by atoms with Crippen LogP contribution >= 0.6 is 27.7 Å². The van der Waals surface area contributed by atoms with E-state index in [1.807, 2.05) is 18.2 Å². The molecule has 3 nitrogen and oxygen atoms in total. The maximum atomic E-state index is 10.9. The lowest BCUT2D eigenvalue weighted by Crippen LogP contribution is -1.95. The maximum Gasteiger partial charge on any atom is 0.335 e. The highest BCUT2D eigenvalue weighted by Crippen LogP contribution is 2.32. The van der Waals surface area contributed by atoms with E-state index in [1.54, 1.807) is 24.3 Å². The molecular weight excluding hydrogens is 326 g/mol. The molecule has 0 aliphatic carbocycles. The Bertz CT molecular complexity index is 679. The van der Waals surface area contributed by atoms with Crippen molar-refractivity contribution in [2.75, 3.05) is 0 Å². The second kappa shape index (κ2) is 5.91. The highest BCUT2D eigenvalue weighted by atomic mass is 79.9. The summed E-state index contributed by atoms with van der Waals surface area (Å²) in [5, 5.41) is 18.0. The molecular formula is C14H8BrNO2S. The molecule has 2 aromatic carbocycles. The Hall–Kier alpha value is -1.77. The first-order valence-electron chi connectivity index (χ1n) is 5.31. The molecule has 0 aliphatic rings. The van der Waals surface area contributed by atoms with E-state index in [-0.39, 0.29) is 5.56 Å². The van der Waals surface area contributed by atoms with Gasteiger partial charge in [0.25, 0.3) is 0 Å². The van der Waals surface area contributed by atoms with Gasteiger partial charge >= 0.3 is 5.97 Å². The first-order valence-corrected chi connectivity index (χ1v) is 6.92. The van der Waals surface area contributed by atoms with Crippen LogP contribution in [0.3, 0.4) is 0 Å². The molecule has 0 unspecified atom stereocenters. The van der Waals surface area contributed by atoms with Gasteiger partial charge in [-0.05, 0) is 36.4 Å². The van der Waals surface area contributed by atoms with Crippen molar-refractivity contribution in [3.8, 4) is 6.07 Å². The van der Waals surface area contributed by atoms with Crippen LogP contribution in [-0.2, 0) is 0 Å². The number of halogens is 1. The maximum absolute atomic E-state index is 10.9. The molecule has 0 saturated heterocycles. The Labute approximate surface area is 123 Å². The van der Waals surface area contributed by atoms with E-state index in [1.165, 1.54) is 11.8 Å². The quantitative estimate of drug-likeness (QED) is 0.915. The molecule has 0 aromatic heterocycles. The number of rotatable bonds is 3. The summed E-state index contributed by atoms with van der Waals surface area (Å²) in [7, 11) is 0. The molecule has 2 aromatic rings. The molecule has 0 amide bonds. The molecule has 94 valence electrons. The lowest BCUT2D eigenvalue weighted by Gasteiger charge is -2.05. The monoisotopic (exact) mass is 333 g/mol. The van der Waals surface area contributed by atoms with E-state index in [4.69, 9.17) is 10.4 Å². The normalized spacial score (nSPS) is 9.89. The SMILES string of the molecule is N#Cc1cc(Br)ccc1Sc1cccc(C(=O)O)c1. The number of benzene rings is 2. The van der Waals surface area contributed by atoms with Crippen LogP contribution in [0.15, 0.2) is 56.7 Å². The number of nitriles is 1. The Kier molecular flexibility index (Phi) is 4.25. The summed E-state index contributed by atoms with van der Waals surface area (Å²) in [6, 6.07) is 14.2. The van der Waals surface area contributed by atoms with E-state index in [0.29, 0.717) is 5.56 Å². The van der Waals surface area contributed by atoms with Crippen LogP contribution in [0.5, 0.6) is 0 Å². The Morgan fingerprint density at radius 3 is 2.74 bits per heavy atom. The first-order chi connectivity index (χ1) is 9.10. The number of aromatic carboxylic acids is 1. The smallest absolute Gasteiger partial charge is 0.335 e. The van der Waals surface area contributed by atoms with Gasteiger partial charge in [-0.25, -0.2) is 4.79 Å². The van der Waals surface area contributed by atoms with Gasteiger partial charge in [0.15, 0.2) is 0 Å². The molecule has 0 heterocycles. The summed E-state index contributed by atoms with van der Waals surface area (Å²) in [5.41, 5.74) is 0.792. The van der Waals surface area contributed by atoms with Gasteiger partial charge in [-0.15, -0.1) is 0 Å². The zero-order chi connectivity index (χ0) is 13.8. The standard InChI is InChI=1S/C14H8BrNO2S/c15-11-4-5-13(10(6-11)8-16)19-12-3-1-2-9(7-12)14(17)18/h1-7H,(H,17,18). The Balaban J connectivity index is 2.34. The van der Waals surface area contributed by atoms with Gasteiger partial charge in [-0.3, -0.25) is 0 Å². The number of carbonyl (C=O) groups is 1. The number of hydrogen-bond donors (Lipinski definition) is 1. The fourth-order valence-corrected chi connectivity index (χ4v) is 2.80. The molecule has 1 N–H and O–H groups in total. The molecule has 0 saturated carbocycles. The number of carboxylic acid groups (broad SMARTS) is 1. The molecule has 0 bridgehead atoms. The number of hydrogen-bond acceptors (Lipinski definition) is 3. The van der Waals surface area contributed by atoms with Crippen LogP contribution in [-0.4, -0.2) is 11.1 Å². The fraction of sp³-hybridized carbons (Fsp3) is 0. The van der Waals surface area contributed by atoms with Crippen LogP contribution in [0.4, 0.5) is 0 Å². The second-order valence-corrected chi connectivity index (χ2v) is 5.72. The summed E-state index contributed by atoms with van der Waals surface area (Å²) in [6.45, 7) is 0. The minimum absolute atomic E-state index is 0.237. The minimum atomic E-state index is -0.959.